The molecule has 0 aliphatic heterocycles. The van der Waals surface area contributed by atoms with Crippen molar-refractivity contribution >= 4 is 5.97 Å². The van der Waals surface area contributed by atoms with E-state index in [1.54, 1.807) is 0 Å². The van der Waals surface area contributed by atoms with Crippen LogP contribution in [0.5, 0.6) is 0 Å². The highest BCUT2D eigenvalue weighted by atomic mass is 19.3. The van der Waals surface area contributed by atoms with Gasteiger partial charge in [-0.3, -0.25) is 0 Å². The largest absolute Gasteiger partial charge is 0.417 e. The van der Waals surface area contributed by atoms with Gasteiger partial charge in [0.15, 0.2) is 0 Å². The predicted octanol–water partition coefficient (Wildman–Crippen LogP) is 1.63. The van der Waals surface area contributed by atoms with E-state index in [4.69, 9.17) is 0 Å². The lowest BCUT2D eigenvalue weighted by Gasteiger charge is -2.06. The molecule has 5 heteroatoms. The molecule has 0 radical (unpaired) electrons. The predicted molar refractivity (Wildman–Crippen MR) is 27.0 cm³/mol. The molecule has 0 atom stereocenters. The van der Waals surface area contributed by atoms with E-state index in [1.807, 2.05) is 0 Å². The van der Waals surface area contributed by atoms with Gasteiger partial charge in [-0.25, -0.2) is 9.74 Å². The smallest absolute Gasteiger partial charge is 0.248 e. The summed E-state index contributed by atoms with van der Waals surface area (Å²) in [5.74, 6) is -5.98. The molecule has 0 aromatic rings. The Kier molecular flexibility index (Phi) is 2.92. The van der Waals surface area contributed by atoms with Gasteiger partial charge in [0.25, 0.3) is 0 Å². The maximum Gasteiger partial charge on any atom is 0.417 e. The van der Waals surface area contributed by atoms with Crippen molar-refractivity contribution in [2.75, 3.05) is 0 Å². The van der Waals surface area contributed by atoms with E-state index in [2.05, 4.69) is 11.5 Å². The van der Waals surface area contributed by atoms with E-state index in [0.717, 1.165) is 6.08 Å². The third-order valence-corrected chi connectivity index (χ3v) is 0.769. The van der Waals surface area contributed by atoms with Crippen molar-refractivity contribution < 1.29 is 23.0 Å². The zero-order valence-electron chi connectivity index (χ0n) is 4.94. The summed E-state index contributed by atoms with van der Waals surface area (Å²) in [6.07, 6.45) is -0.118. The first-order valence-corrected chi connectivity index (χ1v) is 2.36. The SMILES string of the molecule is C=CCC(F)(F)C(=O)OF. The second-order valence-corrected chi connectivity index (χ2v) is 1.56. The lowest BCUT2D eigenvalue weighted by molar-refractivity contribution is -0.211. The van der Waals surface area contributed by atoms with Crippen LogP contribution >= 0.6 is 0 Å². The van der Waals surface area contributed by atoms with E-state index in [9.17, 15) is 18.1 Å². The maximum absolute atomic E-state index is 12.0. The first kappa shape index (κ1) is 9.00. The average Bonchev–Trinajstić information content (AvgIpc) is 1.86. The third kappa shape index (κ3) is 2.08. The van der Waals surface area contributed by atoms with Crippen molar-refractivity contribution in [1.29, 1.82) is 0 Å². The molecule has 0 aliphatic rings. The summed E-state index contributed by atoms with van der Waals surface area (Å²) in [5.41, 5.74) is 0. The van der Waals surface area contributed by atoms with Crippen LogP contribution in [0.2, 0.25) is 0 Å². The highest BCUT2D eigenvalue weighted by Gasteiger charge is 2.40. The summed E-state index contributed by atoms with van der Waals surface area (Å²) in [5, 5.41) is 0. The normalized spacial score (nSPS) is 10.7. The number of alkyl halides is 2. The first-order valence-electron chi connectivity index (χ1n) is 2.36. The fourth-order valence-electron chi connectivity index (χ4n) is 0.321. The van der Waals surface area contributed by atoms with Crippen molar-refractivity contribution in [2.45, 2.75) is 12.3 Å². The number of carbonyl (C=O) groups excluding carboxylic acids is 1. The van der Waals surface area contributed by atoms with Gasteiger partial charge in [0, 0.05) is 10.9 Å². The van der Waals surface area contributed by atoms with E-state index >= 15 is 0 Å². The van der Waals surface area contributed by atoms with Crippen LogP contribution < -0.4 is 0 Å². The number of allylic oxidation sites excluding steroid dienone is 1. The zero-order valence-corrected chi connectivity index (χ0v) is 4.94. The summed E-state index contributed by atoms with van der Waals surface area (Å²) in [6.45, 7) is 2.95. The van der Waals surface area contributed by atoms with Crippen LogP contribution in [0.3, 0.4) is 0 Å². The fourth-order valence-corrected chi connectivity index (χ4v) is 0.321. The average molecular weight is 154 g/mol. The van der Waals surface area contributed by atoms with Gasteiger partial charge in [0.05, 0.1) is 0 Å². The second-order valence-electron chi connectivity index (χ2n) is 1.56. The van der Waals surface area contributed by atoms with Crippen LogP contribution in [0.1, 0.15) is 6.42 Å². The minimum atomic E-state index is -3.80. The molecule has 0 aliphatic carbocycles. The monoisotopic (exact) mass is 154 g/mol. The van der Waals surface area contributed by atoms with Gasteiger partial charge in [-0.2, -0.15) is 8.78 Å². The number of hydrogen-bond acceptors (Lipinski definition) is 2. The number of halogens is 3. The van der Waals surface area contributed by atoms with Crippen LogP contribution in [0.4, 0.5) is 13.3 Å². The Balaban J connectivity index is 4.08. The van der Waals surface area contributed by atoms with Crippen LogP contribution in [-0.4, -0.2) is 11.9 Å². The Hall–Kier alpha value is -1.00. The Morgan fingerprint density at radius 1 is 1.70 bits per heavy atom. The number of carbonyl (C=O) groups is 1. The first-order chi connectivity index (χ1) is 4.54. The maximum atomic E-state index is 12.0. The summed E-state index contributed by atoms with van der Waals surface area (Å²) in [4.78, 5) is 12.2. The van der Waals surface area contributed by atoms with Crippen molar-refractivity contribution in [3.8, 4) is 0 Å². The van der Waals surface area contributed by atoms with E-state index in [-0.39, 0.29) is 0 Å². The Labute approximate surface area is 55.2 Å². The van der Waals surface area contributed by atoms with Gasteiger partial charge >= 0.3 is 11.9 Å². The molecule has 0 heterocycles. The minimum Gasteiger partial charge on any atom is -0.248 e. The van der Waals surface area contributed by atoms with Gasteiger partial charge in [-0.15, -0.1) is 6.58 Å². The second kappa shape index (κ2) is 3.24. The molecule has 58 valence electrons. The molecule has 0 saturated carbocycles. The summed E-state index contributed by atoms with van der Waals surface area (Å²) in [6, 6.07) is 0. The van der Waals surface area contributed by atoms with Gasteiger partial charge in [0.2, 0.25) is 0 Å². The highest BCUT2D eigenvalue weighted by molar-refractivity contribution is 5.77. The van der Waals surface area contributed by atoms with E-state index in [0.29, 0.717) is 0 Å². The molecule has 0 bridgehead atoms. The molecule has 0 amide bonds. The van der Waals surface area contributed by atoms with Gasteiger partial charge < -0.3 is 0 Å². The van der Waals surface area contributed by atoms with Crippen LogP contribution in [0.15, 0.2) is 12.7 Å². The van der Waals surface area contributed by atoms with Gasteiger partial charge in [-0.1, -0.05) is 6.08 Å². The van der Waals surface area contributed by atoms with Crippen LogP contribution in [-0.2, 0) is 9.74 Å². The third-order valence-electron chi connectivity index (χ3n) is 0.769. The van der Waals surface area contributed by atoms with E-state index < -0.39 is 18.3 Å². The summed E-state index contributed by atoms with van der Waals surface area (Å²) >= 11 is 0. The quantitative estimate of drug-likeness (QED) is 0.577. The van der Waals surface area contributed by atoms with E-state index in [1.165, 1.54) is 0 Å². The van der Waals surface area contributed by atoms with Crippen molar-refractivity contribution in [3.05, 3.63) is 12.7 Å². The standard InChI is InChI=1S/C5H5F3O2/c1-2-3-5(6,7)4(9)10-8/h2H,1,3H2. The molecule has 0 spiro atoms. The van der Waals surface area contributed by atoms with Gasteiger partial charge in [0.1, 0.15) is 0 Å². The van der Waals surface area contributed by atoms with Crippen LogP contribution in [0.25, 0.3) is 0 Å². The molecule has 0 rings (SSSR count). The summed E-state index contributed by atoms with van der Waals surface area (Å²) in [7, 11) is 0. The topological polar surface area (TPSA) is 26.3 Å². The van der Waals surface area contributed by atoms with Gasteiger partial charge in [-0.05, 0) is 0 Å². The Morgan fingerprint density at radius 3 is 2.50 bits per heavy atom. The van der Waals surface area contributed by atoms with Crippen LogP contribution in [0, 0.1) is 0 Å². The minimum absolute atomic E-state index is 0.802. The highest BCUT2D eigenvalue weighted by Crippen LogP contribution is 2.20. The Bertz CT molecular complexity index is 144. The molecule has 10 heavy (non-hydrogen) atoms. The molecule has 0 saturated heterocycles. The number of rotatable bonds is 3. The van der Waals surface area contributed by atoms with Crippen molar-refractivity contribution in [1.82, 2.24) is 0 Å². The molecule has 0 unspecified atom stereocenters. The molecular formula is C5H5F3O2. The molecule has 0 N–H and O–H groups in total. The molecule has 0 aromatic carbocycles. The van der Waals surface area contributed by atoms with Crippen molar-refractivity contribution in [2.24, 2.45) is 0 Å². The molecular weight excluding hydrogens is 149 g/mol. The molecule has 2 nitrogen and oxygen atoms in total. The Morgan fingerprint density at radius 2 is 2.20 bits per heavy atom. The summed E-state index contributed by atoms with van der Waals surface area (Å²) < 4.78 is 34.9. The molecule has 0 fully saturated rings. The lowest BCUT2D eigenvalue weighted by Crippen LogP contribution is -2.27. The lowest BCUT2D eigenvalue weighted by atomic mass is 10.2. The fraction of sp³-hybridized carbons (Fsp3) is 0.400. The zero-order chi connectivity index (χ0) is 8.20. The number of hydrogen-bond donors (Lipinski definition) is 0. The van der Waals surface area contributed by atoms with Crippen molar-refractivity contribution in [3.63, 3.8) is 0 Å². The molecule has 0 aromatic heterocycles.